The molecular weight excluding hydrogens is 152 g/mol. The van der Waals surface area contributed by atoms with Crippen molar-refractivity contribution in [1.29, 1.82) is 0 Å². The fraction of sp³-hybridized carbons (Fsp3) is 1.00. The molecule has 0 aliphatic carbocycles. The molecule has 0 radical (unpaired) electrons. The first kappa shape index (κ1) is 9.96. The van der Waals surface area contributed by atoms with Gasteiger partial charge in [-0.15, -0.1) is 0 Å². The van der Waals surface area contributed by atoms with Gasteiger partial charge in [-0.1, -0.05) is 0 Å². The van der Waals surface area contributed by atoms with Gasteiger partial charge in [0.25, 0.3) is 0 Å². The van der Waals surface area contributed by atoms with Gasteiger partial charge in [0.15, 0.2) is 0 Å². The molecule has 0 aromatic rings. The minimum atomic E-state index is 0.186. The maximum atomic E-state index is 5.95. The van der Waals surface area contributed by atoms with Gasteiger partial charge in [0.1, 0.15) is 0 Å². The number of likely N-dealkylation sites (tertiary alicyclic amines) is 1. The molecule has 1 saturated heterocycles. The Morgan fingerprint density at radius 2 is 2.17 bits per heavy atom. The Balaban J connectivity index is 2.40. The van der Waals surface area contributed by atoms with Crippen molar-refractivity contribution < 1.29 is 4.74 Å². The highest BCUT2D eigenvalue weighted by atomic mass is 16.5. The highest BCUT2D eigenvalue weighted by molar-refractivity contribution is 4.84. The lowest BCUT2D eigenvalue weighted by Crippen LogP contribution is -2.53. The predicted octanol–water partition coefficient (Wildman–Crippen LogP) is 0.443. The van der Waals surface area contributed by atoms with Crippen LogP contribution in [0, 0.1) is 0 Å². The van der Waals surface area contributed by atoms with Gasteiger partial charge in [-0.2, -0.15) is 0 Å². The van der Waals surface area contributed by atoms with Gasteiger partial charge in [0.05, 0.1) is 6.10 Å². The molecule has 2 atom stereocenters. The molecule has 1 heterocycles. The number of rotatable bonds is 2. The van der Waals surface area contributed by atoms with E-state index in [1.807, 2.05) is 0 Å². The fourth-order valence-corrected chi connectivity index (χ4v) is 1.75. The van der Waals surface area contributed by atoms with E-state index in [-0.39, 0.29) is 12.1 Å². The Morgan fingerprint density at radius 3 is 2.58 bits per heavy atom. The summed E-state index contributed by atoms with van der Waals surface area (Å²) in [6.45, 7) is 6.50. The first-order valence-corrected chi connectivity index (χ1v) is 4.67. The molecule has 1 fully saturated rings. The summed E-state index contributed by atoms with van der Waals surface area (Å²) in [7, 11) is 1.75. The Labute approximate surface area is 74.9 Å². The van der Waals surface area contributed by atoms with E-state index in [4.69, 9.17) is 10.5 Å². The molecular formula is C9H20N2O. The van der Waals surface area contributed by atoms with Gasteiger partial charge in [-0.25, -0.2) is 0 Å². The topological polar surface area (TPSA) is 38.5 Å². The third-order valence-corrected chi connectivity index (χ3v) is 2.66. The zero-order valence-electron chi connectivity index (χ0n) is 8.29. The summed E-state index contributed by atoms with van der Waals surface area (Å²) in [5.74, 6) is 0. The minimum absolute atomic E-state index is 0.186. The van der Waals surface area contributed by atoms with Crippen LogP contribution >= 0.6 is 0 Å². The zero-order valence-corrected chi connectivity index (χ0v) is 8.29. The average molecular weight is 172 g/mol. The van der Waals surface area contributed by atoms with Crippen molar-refractivity contribution in [2.75, 3.05) is 20.2 Å². The average Bonchev–Trinajstić information content (AvgIpc) is 2.04. The number of ether oxygens (including phenoxy) is 1. The second-order valence-corrected chi connectivity index (χ2v) is 3.82. The number of methoxy groups -OCH3 is 1. The molecule has 72 valence electrons. The Morgan fingerprint density at radius 1 is 1.50 bits per heavy atom. The molecule has 0 amide bonds. The lowest BCUT2D eigenvalue weighted by atomic mass is 10.0. The number of nitrogens with zero attached hydrogens (tertiary/aromatic N) is 1. The smallest absolute Gasteiger partial charge is 0.0746 e. The predicted molar refractivity (Wildman–Crippen MR) is 50.1 cm³/mol. The highest BCUT2D eigenvalue weighted by Crippen LogP contribution is 2.14. The number of hydrogen-bond donors (Lipinski definition) is 1. The standard InChI is InChI=1S/C9H20N2O/c1-7(2)11-5-4-9(12-3)8(10)6-11/h7-9H,4-6,10H2,1-3H3/t8-,9-/m0/s1. The summed E-state index contributed by atoms with van der Waals surface area (Å²) in [5.41, 5.74) is 5.95. The van der Waals surface area contributed by atoms with Crippen LogP contribution in [0.25, 0.3) is 0 Å². The van der Waals surface area contributed by atoms with Gasteiger partial charge < -0.3 is 10.5 Å². The molecule has 1 aliphatic rings. The van der Waals surface area contributed by atoms with E-state index in [0.29, 0.717) is 6.04 Å². The molecule has 0 aromatic carbocycles. The monoisotopic (exact) mass is 172 g/mol. The van der Waals surface area contributed by atoms with Crippen molar-refractivity contribution in [2.45, 2.75) is 38.5 Å². The normalized spacial score (nSPS) is 32.8. The molecule has 0 saturated carbocycles. The van der Waals surface area contributed by atoms with Crippen LogP contribution in [-0.2, 0) is 4.74 Å². The van der Waals surface area contributed by atoms with Crippen molar-refractivity contribution in [3.05, 3.63) is 0 Å². The zero-order chi connectivity index (χ0) is 9.14. The summed E-state index contributed by atoms with van der Waals surface area (Å²) in [5, 5.41) is 0. The van der Waals surface area contributed by atoms with E-state index in [9.17, 15) is 0 Å². The molecule has 1 aliphatic heterocycles. The Kier molecular flexibility index (Phi) is 3.50. The van der Waals surface area contributed by atoms with Crippen molar-refractivity contribution in [3.8, 4) is 0 Å². The second-order valence-electron chi connectivity index (χ2n) is 3.82. The largest absolute Gasteiger partial charge is 0.380 e. The summed E-state index contributed by atoms with van der Waals surface area (Å²) >= 11 is 0. The van der Waals surface area contributed by atoms with Crippen molar-refractivity contribution in [2.24, 2.45) is 5.73 Å². The maximum absolute atomic E-state index is 5.95. The van der Waals surface area contributed by atoms with Crippen molar-refractivity contribution >= 4 is 0 Å². The Bertz CT molecular complexity index is 138. The Hall–Kier alpha value is -0.120. The number of piperidine rings is 1. The molecule has 0 spiro atoms. The van der Waals surface area contributed by atoms with Crippen molar-refractivity contribution in [3.63, 3.8) is 0 Å². The summed E-state index contributed by atoms with van der Waals surface area (Å²) < 4.78 is 5.28. The van der Waals surface area contributed by atoms with E-state index >= 15 is 0 Å². The molecule has 0 bridgehead atoms. The van der Waals surface area contributed by atoms with Gasteiger partial charge in [-0.3, -0.25) is 4.90 Å². The van der Waals surface area contributed by atoms with Crippen LogP contribution in [0.1, 0.15) is 20.3 Å². The van der Waals surface area contributed by atoms with Crippen LogP contribution in [0.4, 0.5) is 0 Å². The van der Waals surface area contributed by atoms with Gasteiger partial charge >= 0.3 is 0 Å². The second kappa shape index (κ2) is 4.21. The summed E-state index contributed by atoms with van der Waals surface area (Å²) in [4.78, 5) is 2.40. The van der Waals surface area contributed by atoms with Crippen LogP contribution in [0.2, 0.25) is 0 Å². The van der Waals surface area contributed by atoms with Crippen LogP contribution in [0.15, 0.2) is 0 Å². The third kappa shape index (κ3) is 2.19. The SMILES string of the molecule is CO[C@H]1CCN(C(C)C)C[C@@H]1N. The molecule has 2 N–H and O–H groups in total. The van der Waals surface area contributed by atoms with Crippen LogP contribution in [0.3, 0.4) is 0 Å². The summed E-state index contributed by atoms with van der Waals surface area (Å²) in [6, 6.07) is 0.792. The third-order valence-electron chi connectivity index (χ3n) is 2.66. The highest BCUT2D eigenvalue weighted by Gasteiger charge is 2.27. The first-order chi connectivity index (χ1) is 5.65. The molecule has 3 heteroatoms. The quantitative estimate of drug-likeness (QED) is 0.657. The molecule has 0 aromatic heterocycles. The van der Waals surface area contributed by atoms with Gasteiger partial charge in [-0.05, 0) is 20.3 Å². The maximum Gasteiger partial charge on any atom is 0.0746 e. The summed E-state index contributed by atoms with van der Waals surface area (Å²) in [6.07, 6.45) is 1.33. The number of nitrogens with two attached hydrogens (primary N) is 1. The minimum Gasteiger partial charge on any atom is -0.380 e. The molecule has 3 nitrogen and oxygen atoms in total. The van der Waals surface area contributed by atoms with Crippen molar-refractivity contribution in [1.82, 2.24) is 4.90 Å². The van der Waals surface area contributed by atoms with E-state index < -0.39 is 0 Å². The van der Waals surface area contributed by atoms with Gasteiger partial charge in [0.2, 0.25) is 0 Å². The molecule has 0 unspecified atom stereocenters. The van der Waals surface area contributed by atoms with E-state index in [1.165, 1.54) is 0 Å². The first-order valence-electron chi connectivity index (χ1n) is 4.67. The van der Waals surface area contributed by atoms with E-state index in [0.717, 1.165) is 19.5 Å². The van der Waals surface area contributed by atoms with E-state index in [2.05, 4.69) is 18.7 Å². The van der Waals surface area contributed by atoms with Crippen LogP contribution in [-0.4, -0.2) is 43.3 Å². The van der Waals surface area contributed by atoms with Crippen LogP contribution < -0.4 is 5.73 Å². The van der Waals surface area contributed by atoms with Gasteiger partial charge in [0, 0.05) is 32.3 Å². The molecule has 12 heavy (non-hydrogen) atoms. The van der Waals surface area contributed by atoms with E-state index in [1.54, 1.807) is 7.11 Å². The number of hydrogen-bond acceptors (Lipinski definition) is 3. The van der Waals surface area contributed by atoms with Crippen LogP contribution in [0.5, 0.6) is 0 Å². The lowest BCUT2D eigenvalue weighted by molar-refractivity contribution is 0.0159. The lowest BCUT2D eigenvalue weighted by Gasteiger charge is -2.38. The molecule has 1 rings (SSSR count). The fourth-order valence-electron chi connectivity index (χ4n) is 1.75.